The zero-order valence-corrected chi connectivity index (χ0v) is 15.1. The zero-order valence-electron chi connectivity index (χ0n) is 15.1. The van der Waals surface area contributed by atoms with Crippen LogP contribution in [0.25, 0.3) is 22.7 Å². The molecule has 0 atom stereocenters. The molecule has 2 aromatic heterocycles. The third kappa shape index (κ3) is 3.79. The summed E-state index contributed by atoms with van der Waals surface area (Å²) in [4.78, 5) is 8.83. The number of rotatable bonds is 6. The molecule has 3 aromatic rings. The molecule has 0 radical (unpaired) electrons. The number of nitrogens with zero attached hydrogens (tertiary/aromatic N) is 4. The van der Waals surface area contributed by atoms with Gasteiger partial charge in [0.05, 0.1) is 29.3 Å². The van der Waals surface area contributed by atoms with Crippen molar-refractivity contribution in [2.75, 3.05) is 13.7 Å². The van der Waals surface area contributed by atoms with E-state index in [-0.39, 0.29) is 0 Å². The fourth-order valence-electron chi connectivity index (χ4n) is 2.48. The number of ether oxygens (including phenoxy) is 1. The maximum absolute atomic E-state index is 9.23. The monoisotopic (exact) mass is 348 g/mol. The zero-order chi connectivity index (χ0) is 18.6. The van der Waals surface area contributed by atoms with Crippen LogP contribution in [0.1, 0.15) is 25.2 Å². The van der Waals surface area contributed by atoms with Crippen LogP contribution in [0.4, 0.5) is 0 Å². The molecular formula is C20H20N4O2. The van der Waals surface area contributed by atoms with E-state index in [1.54, 1.807) is 13.3 Å². The molecular weight excluding hydrogens is 328 g/mol. The van der Waals surface area contributed by atoms with Crippen molar-refractivity contribution in [3.8, 4) is 28.8 Å². The van der Waals surface area contributed by atoms with Crippen molar-refractivity contribution in [1.82, 2.24) is 15.1 Å². The highest BCUT2D eigenvalue weighted by atomic mass is 16.5. The first kappa shape index (κ1) is 17.8. The van der Waals surface area contributed by atoms with Crippen molar-refractivity contribution >= 4 is 0 Å². The second-order valence-corrected chi connectivity index (χ2v) is 6.50. The van der Waals surface area contributed by atoms with Crippen molar-refractivity contribution in [3.05, 3.63) is 54.0 Å². The van der Waals surface area contributed by atoms with Gasteiger partial charge in [-0.15, -0.1) is 0 Å². The number of benzene rings is 1. The minimum atomic E-state index is -0.506. The highest BCUT2D eigenvalue weighted by Gasteiger charge is 2.19. The molecule has 0 saturated carbocycles. The molecule has 0 unspecified atom stereocenters. The van der Waals surface area contributed by atoms with Crippen molar-refractivity contribution in [2.24, 2.45) is 0 Å². The molecule has 26 heavy (non-hydrogen) atoms. The summed E-state index contributed by atoms with van der Waals surface area (Å²) >= 11 is 0. The summed E-state index contributed by atoms with van der Waals surface area (Å²) in [5.74, 6) is 1.06. The molecule has 0 amide bonds. The lowest BCUT2D eigenvalue weighted by atomic mass is 9.86. The second-order valence-electron chi connectivity index (χ2n) is 6.50. The van der Waals surface area contributed by atoms with Crippen LogP contribution in [-0.4, -0.2) is 28.8 Å². The second kappa shape index (κ2) is 7.46. The van der Waals surface area contributed by atoms with Gasteiger partial charge in [-0.25, -0.2) is 0 Å². The fourth-order valence-corrected chi connectivity index (χ4v) is 2.48. The van der Waals surface area contributed by atoms with Gasteiger partial charge in [-0.05, 0) is 31.5 Å². The molecule has 0 bridgehead atoms. The Labute approximate surface area is 152 Å². The van der Waals surface area contributed by atoms with Crippen LogP contribution < -0.4 is 0 Å². The Bertz CT molecular complexity index is 906. The predicted molar refractivity (Wildman–Crippen MR) is 97.2 cm³/mol. The van der Waals surface area contributed by atoms with E-state index < -0.39 is 5.41 Å². The summed E-state index contributed by atoms with van der Waals surface area (Å²) < 4.78 is 10.3. The van der Waals surface area contributed by atoms with Crippen LogP contribution in [0.15, 0.2) is 47.1 Å². The predicted octanol–water partition coefficient (Wildman–Crippen LogP) is 3.79. The van der Waals surface area contributed by atoms with Crippen molar-refractivity contribution in [3.63, 3.8) is 0 Å². The Hall–Kier alpha value is -3.04. The molecule has 0 aliphatic rings. The SMILES string of the molecule is COCCc1noc(-c2ccc(-c3ccc(C(C)(C)C#N)cc3)nc2)n1. The van der Waals surface area contributed by atoms with Gasteiger partial charge in [0, 0.05) is 25.3 Å². The number of hydrogen-bond acceptors (Lipinski definition) is 6. The quantitative estimate of drug-likeness (QED) is 0.674. The molecule has 0 aliphatic carbocycles. The Morgan fingerprint density at radius 1 is 1.12 bits per heavy atom. The number of aromatic nitrogens is 3. The van der Waals surface area contributed by atoms with Gasteiger partial charge in [-0.1, -0.05) is 29.4 Å². The maximum Gasteiger partial charge on any atom is 0.259 e. The Morgan fingerprint density at radius 3 is 2.46 bits per heavy atom. The van der Waals surface area contributed by atoms with Gasteiger partial charge in [-0.3, -0.25) is 4.98 Å². The number of nitriles is 1. The average molecular weight is 348 g/mol. The maximum atomic E-state index is 9.23. The molecule has 6 heteroatoms. The van der Waals surface area contributed by atoms with Crippen LogP contribution in [0, 0.1) is 11.3 Å². The van der Waals surface area contributed by atoms with Crippen LogP contribution in [-0.2, 0) is 16.6 Å². The van der Waals surface area contributed by atoms with Crippen LogP contribution in [0.5, 0.6) is 0 Å². The van der Waals surface area contributed by atoms with Crippen LogP contribution in [0.2, 0.25) is 0 Å². The summed E-state index contributed by atoms with van der Waals surface area (Å²) in [7, 11) is 1.64. The number of pyridine rings is 1. The third-order valence-electron chi connectivity index (χ3n) is 4.19. The molecule has 1 aromatic carbocycles. The summed E-state index contributed by atoms with van der Waals surface area (Å²) in [6.07, 6.45) is 2.33. The average Bonchev–Trinajstić information content (AvgIpc) is 3.15. The van der Waals surface area contributed by atoms with Crippen molar-refractivity contribution in [2.45, 2.75) is 25.7 Å². The van der Waals surface area contributed by atoms with Gasteiger partial charge in [0.1, 0.15) is 0 Å². The number of hydrogen-bond donors (Lipinski definition) is 0. The molecule has 6 nitrogen and oxygen atoms in total. The molecule has 3 rings (SSSR count). The molecule has 0 fully saturated rings. The Kier molecular flexibility index (Phi) is 5.10. The van der Waals surface area contributed by atoms with E-state index in [9.17, 15) is 5.26 Å². The Morgan fingerprint density at radius 2 is 1.85 bits per heavy atom. The summed E-state index contributed by atoms with van der Waals surface area (Å²) in [5, 5.41) is 13.2. The van der Waals surface area contributed by atoms with Crippen LogP contribution in [0.3, 0.4) is 0 Å². The van der Waals surface area contributed by atoms with E-state index >= 15 is 0 Å². The van der Waals surface area contributed by atoms with Crippen molar-refractivity contribution in [1.29, 1.82) is 5.26 Å². The van der Waals surface area contributed by atoms with Crippen LogP contribution >= 0.6 is 0 Å². The lowest BCUT2D eigenvalue weighted by molar-refractivity contribution is 0.199. The minimum absolute atomic E-state index is 0.446. The third-order valence-corrected chi connectivity index (χ3v) is 4.19. The largest absolute Gasteiger partial charge is 0.384 e. The highest BCUT2D eigenvalue weighted by Crippen LogP contribution is 2.26. The standard InChI is InChI=1S/C20H20N4O2/c1-20(2,13-21)16-7-4-14(5-8-16)17-9-6-15(12-22-17)19-23-18(24-26-19)10-11-25-3/h4-9,12H,10-11H2,1-3H3. The molecule has 0 spiro atoms. The minimum Gasteiger partial charge on any atom is -0.384 e. The van der Waals surface area contributed by atoms with Gasteiger partial charge in [0.15, 0.2) is 5.82 Å². The fraction of sp³-hybridized carbons (Fsp3) is 0.300. The topological polar surface area (TPSA) is 84.8 Å². The first-order valence-electron chi connectivity index (χ1n) is 8.33. The first-order valence-corrected chi connectivity index (χ1v) is 8.33. The van der Waals surface area contributed by atoms with E-state index in [4.69, 9.17) is 9.26 Å². The van der Waals surface area contributed by atoms with E-state index in [0.717, 1.165) is 22.4 Å². The van der Waals surface area contributed by atoms with E-state index in [1.807, 2.05) is 50.2 Å². The van der Waals surface area contributed by atoms with E-state index in [0.29, 0.717) is 24.7 Å². The lowest BCUT2D eigenvalue weighted by Gasteiger charge is -2.15. The van der Waals surface area contributed by atoms with Crippen molar-refractivity contribution < 1.29 is 9.26 Å². The number of methoxy groups -OCH3 is 1. The summed E-state index contributed by atoms with van der Waals surface area (Å²) in [6.45, 7) is 4.36. The summed E-state index contributed by atoms with van der Waals surface area (Å²) in [5.41, 5.74) is 3.07. The normalized spacial score (nSPS) is 11.3. The molecule has 132 valence electrons. The van der Waals surface area contributed by atoms with Gasteiger partial charge < -0.3 is 9.26 Å². The molecule has 0 aliphatic heterocycles. The van der Waals surface area contributed by atoms with Gasteiger partial charge in [-0.2, -0.15) is 10.2 Å². The van der Waals surface area contributed by atoms with E-state index in [1.165, 1.54) is 0 Å². The van der Waals surface area contributed by atoms with Gasteiger partial charge >= 0.3 is 0 Å². The lowest BCUT2D eigenvalue weighted by Crippen LogP contribution is -2.13. The molecule has 2 heterocycles. The smallest absolute Gasteiger partial charge is 0.259 e. The summed E-state index contributed by atoms with van der Waals surface area (Å²) in [6, 6.07) is 14.0. The Balaban J connectivity index is 1.77. The first-order chi connectivity index (χ1) is 12.5. The van der Waals surface area contributed by atoms with Gasteiger partial charge in [0.2, 0.25) is 0 Å². The van der Waals surface area contributed by atoms with Gasteiger partial charge in [0.25, 0.3) is 5.89 Å². The molecule has 0 saturated heterocycles. The molecule has 0 N–H and O–H groups in total. The highest BCUT2D eigenvalue weighted by molar-refractivity contribution is 5.63. The van der Waals surface area contributed by atoms with E-state index in [2.05, 4.69) is 21.2 Å².